The molecule has 0 bridgehead atoms. The van der Waals surface area contributed by atoms with Crippen molar-refractivity contribution in [3.63, 3.8) is 0 Å². The number of ether oxygens (including phenoxy) is 1. The highest BCUT2D eigenvalue weighted by atomic mass is 16.5. The highest BCUT2D eigenvalue weighted by Gasteiger charge is 2.32. The van der Waals surface area contributed by atoms with Gasteiger partial charge in [-0.2, -0.15) is 0 Å². The van der Waals surface area contributed by atoms with Crippen LogP contribution in [0.3, 0.4) is 0 Å². The zero-order valence-electron chi connectivity index (χ0n) is 18.1. The van der Waals surface area contributed by atoms with Crippen molar-refractivity contribution in [2.45, 2.75) is 25.3 Å². The number of aromatic nitrogens is 2. The van der Waals surface area contributed by atoms with Crippen LogP contribution in [0.5, 0.6) is 5.75 Å². The van der Waals surface area contributed by atoms with Crippen molar-refractivity contribution in [1.29, 1.82) is 0 Å². The zero-order chi connectivity index (χ0) is 21.5. The fourth-order valence-corrected chi connectivity index (χ4v) is 5.35. The van der Waals surface area contributed by atoms with Gasteiger partial charge in [-0.05, 0) is 67.1 Å². The van der Waals surface area contributed by atoms with E-state index >= 15 is 0 Å². The van der Waals surface area contributed by atoms with E-state index in [2.05, 4.69) is 44.2 Å². The van der Waals surface area contributed by atoms with Crippen molar-refractivity contribution in [3.8, 4) is 5.75 Å². The number of anilines is 1. The second-order valence-corrected chi connectivity index (χ2v) is 8.99. The average Bonchev–Trinajstić information content (AvgIpc) is 3.22. The molecule has 1 unspecified atom stereocenters. The van der Waals surface area contributed by atoms with Gasteiger partial charge in [-0.3, -0.25) is 9.69 Å². The number of benzene rings is 2. The molecule has 6 nitrogen and oxygen atoms in total. The van der Waals surface area contributed by atoms with E-state index in [0.29, 0.717) is 12.6 Å². The van der Waals surface area contributed by atoms with Crippen molar-refractivity contribution in [2.75, 3.05) is 37.7 Å². The smallest absolute Gasteiger partial charge is 0.248 e. The number of H-pyrrole nitrogens is 2. The molecule has 0 amide bonds. The van der Waals surface area contributed by atoms with E-state index in [1.54, 1.807) is 6.07 Å². The van der Waals surface area contributed by atoms with Crippen LogP contribution >= 0.6 is 0 Å². The lowest BCUT2D eigenvalue weighted by atomic mass is 9.94. The number of hydrogen-bond acceptors (Lipinski definition) is 4. The Balaban J connectivity index is 1.00. The number of pyridine rings is 1. The third-order valence-corrected chi connectivity index (χ3v) is 6.93. The Labute approximate surface area is 186 Å². The van der Waals surface area contributed by atoms with Gasteiger partial charge in [-0.25, -0.2) is 0 Å². The van der Waals surface area contributed by atoms with Gasteiger partial charge in [0.1, 0.15) is 5.75 Å². The minimum atomic E-state index is -0.0860. The fourth-order valence-electron chi connectivity index (χ4n) is 5.35. The highest BCUT2D eigenvalue weighted by molar-refractivity contribution is 5.97. The van der Waals surface area contributed by atoms with E-state index in [-0.39, 0.29) is 5.56 Å². The second kappa shape index (κ2) is 8.02. The van der Waals surface area contributed by atoms with Gasteiger partial charge < -0.3 is 19.6 Å². The summed E-state index contributed by atoms with van der Waals surface area (Å²) in [4.78, 5) is 23.1. The van der Waals surface area contributed by atoms with Crippen LogP contribution in [0.25, 0.3) is 21.8 Å². The van der Waals surface area contributed by atoms with E-state index in [0.717, 1.165) is 62.1 Å². The summed E-state index contributed by atoms with van der Waals surface area (Å²) in [5.41, 5.74) is 4.86. The molecule has 0 spiro atoms. The van der Waals surface area contributed by atoms with Gasteiger partial charge in [0.05, 0.1) is 12.1 Å². The van der Waals surface area contributed by atoms with Gasteiger partial charge in [0.25, 0.3) is 0 Å². The summed E-state index contributed by atoms with van der Waals surface area (Å²) in [7, 11) is 0. The molecular weight excluding hydrogens is 400 g/mol. The molecule has 1 fully saturated rings. The van der Waals surface area contributed by atoms with Gasteiger partial charge in [0.15, 0.2) is 0 Å². The number of aromatic amines is 2. The molecule has 32 heavy (non-hydrogen) atoms. The quantitative estimate of drug-likeness (QED) is 0.457. The molecule has 2 aromatic carbocycles. The highest BCUT2D eigenvalue weighted by Crippen LogP contribution is 2.37. The number of piperazine rings is 1. The number of nitrogens with zero attached hydrogens (tertiary/aromatic N) is 2. The lowest BCUT2D eigenvalue weighted by Crippen LogP contribution is -2.55. The molecule has 2 aliphatic heterocycles. The Bertz CT molecular complexity index is 1320. The zero-order valence-corrected chi connectivity index (χ0v) is 18.1. The van der Waals surface area contributed by atoms with Crippen LogP contribution in [0.2, 0.25) is 0 Å². The van der Waals surface area contributed by atoms with Gasteiger partial charge in [0.2, 0.25) is 5.56 Å². The molecule has 0 aliphatic carbocycles. The largest absolute Gasteiger partial charge is 0.494 e. The number of unbranched alkanes of at least 4 members (excludes halogenated alkanes) is 1. The van der Waals surface area contributed by atoms with Gasteiger partial charge in [-0.1, -0.05) is 6.07 Å². The van der Waals surface area contributed by atoms with Crippen LogP contribution < -0.4 is 15.2 Å². The number of nitrogens with one attached hydrogen (secondary N) is 2. The molecule has 1 saturated heterocycles. The van der Waals surface area contributed by atoms with E-state index < -0.39 is 0 Å². The summed E-state index contributed by atoms with van der Waals surface area (Å²) in [5, 5.41) is 2.44. The van der Waals surface area contributed by atoms with E-state index in [1.165, 1.54) is 22.2 Å². The molecule has 6 rings (SSSR count). The second-order valence-electron chi connectivity index (χ2n) is 8.99. The molecule has 6 heteroatoms. The number of rotatable bonds is 6. The average molecular weight is 429 g/mol. The summed E-state index contributed by atoms with van der Waals surface area (Å²) in [6.45, 7) is 5.15. The van der Waals surface area contributed by atoms with E-state index in [4.69, 9.17) is 4.74 Å². The molecule has 2 N–H and O–H groups in total. The van der Waals surface area contributed by atoms with E-state index in [1.807, 2.05) is 24.3 Å². The van der Waals surface area contributed by atoms with Crippen molar-refractivity contribution in [2.24, 2.45) is 0 Å². The molecule has 164 valence electrons. The third kappa shape index (κ3) is 3.54. The Kier molecular flexibility index (Phi) is 4.87. The van der Waals surface area contributed by atoms with Crippen molar-refractivity contribution >= 4 is 27.5 Å². The molecule has 2 aliphatic rings. The molecule has 0 saturated carbocycles. The van der Waals surface area contributed by atoms with Crippen LogP contribution in [0, 0.1) is 0 Å². The molecular formula is C26H28N4O2. The first-order valence-corrected chi connectivity index (χ1v) is 11.6. The Morgan fingerprint density at radius 3 is 2.94 bits per heavy atom. The van der Waals surface area contributed by atoms with Crippen LogP contribution in [-0.4, -0.2) is 53.7 Å². The molecule has 0 radical (unpaired) electrons. The normalized spacial score (nSPS) is 18.2. The monoisotopic (exact) mass is 428 g/mol. The molecule has 4 heterocycles. The first kappa shape index (κ1) is 19.4. The lowest BCUT2D eigenvalue weighted by molar-refractivity contribution is 0.209. The standard InChI is InChI=1S/C26H28N4O2/c31-25-9-7-18-6-8-21(15-23(18)28-25)32-13-2-1-10-29-11-12-30-20(17-29)14-19-16-27-22-4-3-5-24(30)26(19)22/h3-9,15-16,20,27H,1-2,10-14,17H2,(H,28,31). The van der Waals surface area contributed by atoms with Crippen LogP contribution in [0.15, 0.2) is 59.5 Å². The van der Waals surface area contributed by atoms with Crippen LogP contribution in [0.1, 0.15) is 18.4 Å². The maximum absolute atomic E-state index is 11.5. The summed E-state index contributed by atoms with van der Waals surface area (Å²) in [6, 6.07) is 16.4. The van der Waals surface area contributed by atoms with Crippen LogP contribution in [-0.2, 0) is 6.42 Å². The summed E-state index contributed by atoms with van der Waals surface area (Å²) < 4.78 is 5.94. The van der Waals surface area contributed by atoms with Crippen molar-refractivity contribution in [1.82, 2.24) is 14.9 Å². The minimum Gasteiger partial charge on any atom is -0.494 e. The van der Waals surface area contributed by atoms with E-state index in [9.17, 15) is 4.79 Å². The summed E-state index contributed by atoms with van der Waals surface area (Å²) in [6.07, 6.45) is 5.47. The predicted octanol–water partition coefficient (Wildman–Crippen LogP) is 3.92. The van der Waals surface area contributed by atoms with Gasteiger partial charge in [0, 0.05) is 60.6 Å². The SMILES string of the molecule is O=c1ccc2ccc(OCCCCN3CCN4c5cccc6[nH]cc(c56)CC4C3)cc2[nH]1. The number of hydrogen-bond donors (Lipinski definition) is 2. The minimum absolute atomic E-state index is 0.0860. The molecule has 2 aromatic heterocycles. The van der Waals surface area contributed by atoms with Crippen LogP contribution in [0.4, 0.5) is 5.69 Å². The Morgan fingerprint density at radius 2 is 1.97 bits per heavy atom. The fraction of sp³-hybridized carbons (Fsp3) is 0.346. The molecule has 1 atom stereocenters. The van der Waals surface area contributed by atoms with Crippen molar-refractivity contribution in [3.05, 3.63) is 70.6 Å². The van der Waals surface area contributed by atoms with Gasteiger partial charge in [-0.15, -0.1) is 0 Å². The molecule has 4 aromatic rings. The Hall–Kier alpha value is -3.25. The predicted molar refractivity (Wildman–Crippen MR) is 129 cm³/mol. The first-order chi connectivity index (χ1) is 15.7. The summed E-state index contributed by atoms with van der Waals surface area (Å²) >= 11 is 0. The number of fused-ring (bicyclic) bond motifs is 3. The first-order valence-electron chi connectivity index (χ1n) is 11.6. The third-order valence-electron chi connectivity index (χ3n) is 6.93. The lowest BCUT2D eigenvalue weighted by Gasteiger charge is -2.45. The topological polar surface area (TPSA) is 64.4 Å². The maximum Gasteiger partial charge on any atom is 0.248 e. The Morgan fingerprint density at radius 1 is 1.03 bits per heavy atom. The maximum atomic E-state index is 11.5. The van der Waals surface area contributed by atoms with Gasteiger partial charge >= 0.3 is 0 Å². The summed E-state index contributed by atoms with van der Waals surface area (Å²) in [5.74, 6) is 0.812. The van der Waals surface area contributed by atoms with Crippen molar-refractivity contribution < 1.29 is 4.74 Å².